The van der Waals surface area contributed by atoms with Crippen LogP contribution in [0.1, 0.15) is 98.8 Å². The van der Waals surface area contributed by atoms with Crippen molar-refractivity contribution in [3.63, 3.8) is 0 Å². The van der Waals surface area contributed by atoms with E-state index in [0.717, 1.165) is 23.9 Å². The van der Waals surface area contributed by atoms with E-state index < -0.39 is 0 Å². The second-order valence-corrected chi connectivity index (χ2v) is 7.91. The van der Waals surface area contributed by atoms with Gasteiger partial charge in [0.15, 0.2) is 0 Å². The van der Waals surface area contributed by atoms with E-state index in [1.165, 1.54) is 50.0 Å². The first-order valence-electron chi connectivity index (χ1n) is 16.6. The van der Waals surface area contributed by atoms with Gasteiger partial charge in [-0.25, -0.2) is 0 Å². The fourth-order valence-electron chi connectivity index (χ4n) is 2.45. The van der Waals surface area contributed by atoms with Crippen LogP contribution in [0.5, 0.6) is 0 Å². The summed E-state index contributed by atoms with van der Waals surface area (Å²) in [5, 5.41) is 0.952. The number of hydrogen-bond donors (Lipinski definition) is 2. The van der Waals surface area contributed by atoms with E-state index >= 15 is 0 Å². The normalized spacial score (nSPS) is 5.93. The zero-order valence-electron chi connectivity index (χ0n) is 37.6. The smallest absolute Gasteiger partial charge is 0.0606 e. The first-order valence-corrected chi connectivity index (χ1v) is 17.8. The molecule has 0 fully saturated rings. The topological polar surface area (TPSA) is 52.0 Å². The van der Waals surface area contributed by atoms with Gasteiger partial charge in [0.25, 0.3) is 0 Å². The van der Waals surface area contributed by atoms with Gasteiger partial charge in [-0.3, -0.25) is 0 Å². The van der Waals surface area contributed by atoms with Gasteiger partial charge in [0, 0.05) is 305 Å². The van der Waals surface area contributed by atoms with Gasteiger partial charge < -0.3 is 11.5 Å². The quantitative estimate of drug-likeness (QED) is 0.191. The van der Waals surface area contributed by atoms with Crippen molar-refractivity contribution in [1.82, 2.24) is 0 Å². The van der Waals surface area contributed by atoms with Gasteiger partial charge in [0.2, 0.25) is 0 Å². The Hall–Kier alpha value is 7.35. The molecule has 3 aromatic rings. The van der Waals surface area contributed by atoms with Crippen molar-refractivity contribution in [2.24, 2.45) is 11.5 Å². The van der Waals surface area contributed by atoms with Crippen molar-refractivity contribution in [2.75, 3.05) is 0 Å². The molecule has 0 heterocycles. The first-order chi connectivity index (χ1) is 22.4. The maximum atomic E-state index is 5.45. The van der Waals surface area contributed by atoms with E-state index in [0.29, 0.717) is 5.70 Å². The molecule has 55 heavy (non-hydrogen) atoms. The molecule has 3 aromatic carbocycles. The Labute approximate surface area is 585 Å². The molecule has 0 amide bonds. The minimum atomic E-state index is 0. The summed E-state index contributed by atoms with van der Waals surface area (Å²) in [4.78, 5) is 0. The molecule has 285 valence electrons. The van der Waals surface area contributed by atoms with Crippen LogP contribution in [0.2, 0.25) is 20.5 Å². The van der Waals surface area contributed by atoms with Gasteiger partial charge >= 0.3 is 0 Å². The van der Waals surface area contributed by atoms with Crippen LogP contribution >= 0.6 is 15.9 Å². The third-order valence-electron chi connectivity index (χ3n) is 3.96. The third-order valence-corrected chi connectivity index (χ3v) is 4.60. The Morgan fingerprint density at radius 1 is 0.473 bits per heavy atom. The average Bonchev–Trinajstić information content (AvgIpc) is 3.15. The van der Waals surface area contributed by atoms with Crippen LogP contribution in [0.3, 0.4) is 0 Å². The second-order valence-electron chi connectivity index (χ2n) is 7.35. The molecule has 0 aliphatic carbocycles. The van der Waals surface area contributed by atoms with Gasteiger partial charge in [0.1, 0.15) is 0 Å². The number of allylic oxidation sites excluding steroid dienone is 2. The van der Waals surface area contributed by atoms with Gasteiger partial charge in [-0.1, -0.05) is 209 Å². The van der Waals surface area contributed by atoms with Crippen molar-refractivity contribution in [3.8, 4) is 0 Å². The second kappa shape index (κ2) is 125. The number of aryl methyl sites for hydroxylation is 2. The maximum absolute atomic E-state index is 5.45. The molecular formula is C40H72B3BrN2Y9. The van der Waals surface area contributed by atoms with Gasteiger partial charge in [-0.2, -0.15) is 0 Å². The number of hydrogen-bond acceptors (Lipinski definition) is 2. The van der Waals surface area contributed by atoms with Crippen LogP contribution in [0.25, 0.3) is 0 Å². The number of halogens is 1. The number of nitrogens with two attached hydrogens (primary N) is 2. The Morgan fingerprint density at radius 3 is 0.836 bits per heavy atom. The molecule has 15 radical (unpaired) electrons. The predicted molar refractivity (Wildman–Crippen MR) is 227 cm³/mol. The van der Waals surface area contributed by atoms with E-state index in [1.54, 1.807) is 6.92 Å². The van der Waals surface area contributed by atoms with Gasteiger partial charge in [0.05, 0.1) is 23.5 Å². The Bertz CT molecular complexity index is 880. The van der Waals surface area contributed by atoms with Crippen molar-refractivity contribution < 1.29 is 294 Å². The molecule has 4 N–H and O–H groups in total. The van der Waals surface area contributed by atoms with Crippen molar-refractivity contribution in [3.05, 3.63) is 132 Å². The molecule has 2 nitrogen and oxygen atoms in total. The molecule has 0 aromatic heterocycles. The summed E-state index contributed by atoms with van der Waals surface area (Å²) in [6.07, 6.45) is 4.32. The summed E-state index contributed by atoms with van der Waals surface area (Å²) in [5.41, 5.74) is 15.9. The van der Waals surface area contributed by atoms with Gasteiger partial charge in [-0.15, -0.1) is 0 Å². The van der Waals surface area contributed by atoms with Crippen LogP contribution in [0.15, 0.2) is 116 Å². The summed E-state index contributed by atoms with van der Waals surface area (Å²) in [6.45, 7) is 31.4. The van der Waals surface area contributed by atoms with E-state index in [-0.39, 0.29) is 294 Å². The first kappa shape index (κ1) is 114. The summed E-state index contributed by atoms with van der Waals surface area (Å²) in [6, 6.07) is 31.1. The molecule has 0 aliphatic rings. The minimum Gasteiger partial charge on any atom is -0.403 e. The molecule has 0 atom stereocenters. The maximum Gasteiger partial charge on any atom is 0.0606 e. The van der Waals surface area contributed by atoms with Crippen molar-refractivity contribution in [2.45, 2.75) is 121 Å². The average molecular weight is 1490 g/mol. The molecule has 0 saturated carbocycles. The Kier molecular flexibility index (Phi) is 258. The number of alkyl halides is 1. The largest absolute Gasteiger partial charge is 0.403 e. The molecule has 0 saturated heterocycles. The van der Waals surface area contributed by atoms with E-state index in [2.05, 4.69) is 114 Å². The van der Waals surface area contributed by atoms with Crippen LogP contribution in [0.4, 0.5) is 0 Å². The van der Waals surface area contributed by atoms with Crippen molar-refractivity contribution in [1.29, 1.82) is 0 Å². The van der Waals surface area contributed by atoms with Crippen LogP contribution in [-0.4, -0.2) is 23.5 Å². The van der Waals surface area contributed by atoms with Gasteiger partial charge in [-0.05, 0) is 48.6 Å². The molecule has 15 heteroatoms. The van der Waals surface area contributed by atoms with Crippen LogP contribution in [0, 0.1) is 0 Å². The van der Waals surface area contributed by atoms with Crippen LogP contribution in [-0.2, 0) is 313 Å². The fraction of sp³-hybridized carbons (Fsp3) is 0.450. The SMILES string of the molecule is BrCc1ccccc1.C=C(C)N.C=C(N)CCc1ccccc1.CC.CC.CC.CC.CCCc1ccccc1.[B]C.[B]C.[B]C.[Y].[Y].[Y].[Y].[Y].[Y].[Y].[Y].[Y]. The number of benzene rings is 3. The monoisotopic (exact) mass is 1490 g/mol. The van der Waals surface area contributed by atoms with E-state index in [1.807, 2.05) is 91.8 Å². The molecule has 0 bridgehead atoms. The summed E-state index contributed by atoms with van der Waals surface area (Å²) >= 11 is 3.36. The fourth-order valence-corrected chi connectivity index (χ4v) is 2.82. The zero-order valence-corrected chi connectivity index (χ0v) is 64.7. The summed E-state index contributed by atoms with van der Waals surface area (Å²) < 4.78 is 0. The minimum absolute atomic E-state index is 0. The molecule has 0 aliphatic heterocycles. The standard InChI is InChI=1S/C10H13N.C9H12.C7H7Br.C3H7N.4C2H6.3CH3B.9Y/c1-9(11)7-8-10-5-3-2-4-6-10;1-2-6-9-7-4-3-5-8-9;8-6-7-4-2-1-3-5-7;1-3(2)4;7*1-2;;;;;;;;;/h2-6H,1,7-8,11H2;3-5,7-8H,2,6H2,1H3;1-5H,6H2;1,4H2,2H3;4*1-2H3;3*1H3;;;;;;;;;. The molecule has 0 spiro atoms. The van der Waals surface area contributed by atoms with E-state index in [4.69, 9.17) is 11.5 Å². The van der Waals surface area contributed by atoms with Crippen LogP contribution < -0.4 is 11.5 Å². The van der Waals surface area contributed by atoms with E-state index in [9.17, 15) is 0 Å². The Balaban J connectivity index is -0.0000000204. The Morgan fingerprint density at radius 2 is 0.673 bits per heavy atom. The number of rotatable bonds is 6. The molecule has 3 rings (SSSR count). The zero-order chi connectivity index (χ0) is 38.0. The predicted octanol–water partition coefficient (Wildman–Crippen LogP) is 12.5. The molecular weight excluding hydrogens is 1420 g/mol. The van der Waals surface area contributed by atoms with Crippen molar-refractivity contribution >= 4 is 39.5 Å². The summed E-state index contributed by atoms with van der Waals surface area (Å²) in [7, 11) is 13.5. The summed E-state index contributed by atoms with van der Waals surface area (Å²) in [5.74, 6) is 0. The third kappa shape index (κ3) is 126. The molecule has 0 unspecified atom stereocenters.